The first-order chi connectivity index (χ1) is 10.7. The molecule has 1 atom stereocenters. The SMILES string of the molecule is C[C@@]1(Cc2ccc3ccn(C4CCCCC4)c3c2)CCCN1. The van der Waals surface area contributed by atoms with Crippen LogP contribution in [0.15, 0.2) is 30.5 Å². The van der Waals surface area contributed by atoms with Gasteiger partial charge in [-0.3, -0.25) is 0 Å². The van der Waals surface area contributed by atoms with Gasteiger partial charge in [0, 0.05) is 23.3 Å². The molecule has 2 heteroatoms. The average Bonchev–Trinajstić information content (AvgIpc) is 3.14. The highest BCUT2D eigenvalue weighted by molar-refractivity contribution is 5.81. The van der Waals surface area contributed by atoms with E-state index in [4.69, 9.17) is 0 Å². The van der Waals surface area contributed by atoms with Crippen LogP contribution >= 0.6 is 0 Å². The second-order valence-corrected chi connectivity index (χ2v) is 7.68. The molecule has 1 saturated carbocycles. The van der Waals surface area contributed by atoms with Crippen molar-refractivity contribution in [2.24, 2.45) is 0 Å². The maximum atomic E-state index is 3.69. The first kappa shape index (κ1) is 14.3. The van der Waals surface area contributed by atoms with E-state index in [0.29, 0.717) is 5.54 Å². The molecule has 4 rings (SSSR count). The van der Waals surface area contributed by atoms with Crippen LogP contribution in [0.2, 0.25) is 0 Å². The highest BCUT2D eigenvalue weighted by atomic mass is 15.0. The first-order valence-corrected chi connectivity index (χ1v) is 9.08. The van der Waals surface area contributed by atoms with E-state index in [0.717, 1.165) is 12.5 Å². The number of nitrogens with one attached hydrogen (secondary N) is 1. The van der Waals surface area contributed by atoms with Gasteiger partial charge >= 0.3 is 0 Å². The minimum atomic E-state index is 0.302. The van der Waals surface area contributed by atoms with Gasteiger partial charge in [-0.2, -0.15) is 0 Å². The Morgan fingerprint density at radius 1 is 1.14 bits per heavy atom. The van der Waals surface area contributed by atoms with Gasteiger partial charge in [0.25, 0.3) is 0 Å². The molecule has 1 aromatic heterocycles. The quantitative estimate of drug-likeness (QED) is 0.858. The average molecular weight is 296 g/mol. The molecule has 1 saturated heterocycles. The van der Waals surface area contributed by atoms with Crippen molar-refractivity contribution in [3.63, 3.8) is 0 Å². The van der Waals surface area contributed by atoms with Gasteiger partial charge in [-0.1, -0.05) is 31.4 Å². The minimum Gasteiger partial charge on any atom is -0.344 e. The largest absolute Gasteiger partial charge is 0.344 e. The van der Waals surface area contributed by atoms with Gasteiger partial charge in [0.15, 0.2) is 0 Å². The molecule has 0 unspecified atom stereocenters. The predicted octanol–water partition coefficient (Wildman–Crippen LogP) is 4.83. The molecule has 1 aromatic carbocycles. The Morgan fingerprint density at radius 3 is 2.77 bits per heavy atom. The second-order valence-electron chi connectivity index (χ2n) is 7.68. The van der Waals surface area contributed by atoms with Crippen LogP contribution in [0.3, 0.4) is 0 Å². The lowest BCUT2D eigenvalue weighted by molar-refractivity contribution is 0.361. The van der Waals surface area contributed by atoms with Crippen molar-refractivity contribution >= 4 is 10.9 Å². The van der Waals surface area contributed by atoms with Crippen LogP contribution in [0.1, 0.15) is 63.5 Å². The van der Waals surface area contributed by atoms with Crippen LogP contribution in [0, 0.1) is 0 Å². The van der Waals surface area contributed by atoms with E-state index in [9.17, 15) is 0 Å². The summed E-state index contributed by atoms with van der Waals surface area (Å²) in [5.74, 6) is 0. The lowest BCUT2D eigenvalue weighted by Crippen LogP contribution is -2.38. The van der Waals surface area contributed by atoms with Crippen LogP contribution in [0.5, 0.6) is 0 Å². The van der Waals surface area contributed by atoms with E-state index < -0.39 is 0 Å². The Kier molecular flexibility index (Phi) is 3.73. The first-order valence-electron chi connectivity index (χ1n) is 9.08. The van der Waals surface area contributed by atoms with Crippen molar-refractivity contribution in [3.05, 3.63) is 36.0 Å². The molecule has 2 fully saturated rings. The zero-order chi connectivity index (χ0) is 15.0. The zero-order valence-electron chi connectivity index (χ0n) is 13.8. The van der Waals surface area contributed by atoms with Crippen molar-refractivity contribution in [1.29, 1.82) is 0 Å². The summed E-state index contributed by atoms with van der Waals surface area (Å²) in [5, 5.41) is 5.10. The molecular weight excluding hydrogens is 268 g/mol. The van der Waals surface area contributed by atoms with E-state index in [-0.39, 0.29) is 0 Å². The molecule has 22 heavy (non-hydrogen) atoms. The van der Waals surface area contributed by atoms with Crippen LogP contribution in [0.4, 0.5) is 0 Å². The van der Waals surface area contributed by atoms with Crippen LogP contribution < -0.4 is 5.32 Å². The third kappa shape index (κ3) is 2.69. The summed E-state index contributed by atoms with van der Waals surface area (Å²) in [6.45, 7) is 3.56. The molecule has 2 heterocycles. The predicted molar refractivity (Wildman–Crippen MR) is 93.4 cm³/mol. The lowest BCUT2D eigenvalue weighted by atomic mass is 9.91. The maximum absolute atomic E-state index is 3.69. The van der Waals surface area contributed by atoms with Gasteiger partial charge in [-0.25, -0.2) is 0 Å². The number of aromatic nitrogens is 1. The summed E-state index contributed by atoms with van der Waals surface area (Å²) in [6.07, 6.45) is 13.0. The van der Waals surface area contributed by atoms with Gasteiger partial charge < -0.3 is 9.88 Å². The molecule has 0 amide bonds. The monoisotopic (exact) mass is 296 g/mol. The summed E-state index contributed by atoms with van der Waals surface area (Å²) in [7, 11) is 0. The van der Waals surface area contributed by atoms with Crippen molar-refractivity contribution in [2.45, 2.75) is 69.9 Å². The summed E-state index contributed by atoms with van der Waals surface area (Å²) in [6, 6.07) is 10.1. The van der Waals surface area contributed by atoms with Gasteiger partial charge in [-0.05, 0) is 68.7 Å². The topological polar surface area (TPSA) is 17.0 Å². The number of fused-ring (bicyclic) bond motifs is 1. The van der Waals surface area contributed by atoms with Gasteiger partial charge in [0.1, 0.15) is 0 Å². The molecule has 0 radical (unpaired) electrons. The Bertz CT molecular complexity index is 643. The van der Waals surface area contributed by atoms with Crippen molar-refractivity contribution in [1.82, 2.24) is 9.88 Å². The van der Waals surface area contributed by atoms with Crippen LogP contribution in [-0.4, -0.2) is 16.7 Å². The summed E-state index contributed by atoms with van der Waals surface area (Å²) in [5.41, 5.74) is 3.24. The van der Waals surface area contributed by atoms with Crippen LogP contribution in [-0.2, 0) is 6.42 Å². The number of benzene rings is 1. The standard InChI is InChI=1S/C20H28N2/c1-20(11-5-12-21-20)15-16-8-9-17-10-13-22(19(17)14-16)18-6-3-2-4-7-18/h8-10,13-14,18,21H,2-7,11-12,15H2,1H3/t20-/m0/s1. The molecule has 1 N–H and O–H groups in total. The fourth-order valence-corrected chi connectivity index (χ4v) is 4.54. The highest BCUT2D eigenvalue weighted by Crippen LogP contribution is 2.32. The van der Waals surface area contributed by atoms with E-state index in [1.165, 1.54) is 68.0 Å². The Morgan fingerprint density at radius 2 is 2.00 bits per heavy atom. The number of rotatable bonds is 3. The van der Waals surface area contributed by atoms with Crippen molar-refractivity contribution < 1.29 is 0 Å². The number of hydrogen-bond donors (Lipinski definition) is 1. The molecule has 2 nitrogen and oxygen atoms in total. The fourth-order valence-electron chi connectivity index (χ4n) is 4.54. The Hall–Kier alpha value is -1.28. The molecule has 1 aliphatic carbocycles. The normalized spacial score (nSPS) is 26.8. The second kappa shape index (κ2) is 5.73. The molecule has 2 aliphatic rings. The summed E-state index contributed by atoms with van der Waals surface area (Å²) < 4.78 is 2.56. The fraction of sp³-hybridized carbons (Fsp3) is 0.600. The van der Waals surface area contributed by atoms with E-state index in [1.807, 2.05) is 0 Å². The van der Waals surface area contributed by atoms with E-state index in [2.05, 4.69) is 47.3 Å². The van der Waals surface area contributed by atoms with E-state index in [1.54, 1.807) is 0 Å². The molecule has 0 bridgehead atoms. The van der Waals surface area contributed by atoms with Crippen molar-refractivity contribution in [2.75, 3.05) is 6.54 Å². The third-order valence-corrected chi connectivity index (χ3v) is 5.81. The maximum Gasteiger partial charge on any atom is 0.0485 e. The summed E-state index contributed by atoms with van der Waals surface area (Å²) >= 11 is 0. The molecule has 2 aromatic rings. The Balaban J connectivity index is 1.64. The number of nitrogens with zero attached hydrogens (tertiary/aromatic N) is 1. The minimum absolute atomic E-state index is 0.302. The smallest absolute Gasteiger partial charge is 0.0485 e. The molecular formula is C20H28N2. The highest BCUT2D eigenvalue weighted by Gasteiger charge is 2.28. The molecule has 1 aliphatic heterocycles. The number of hydrogen-bond acceptors (Lipinski definition) is 1. The van der Waals surface area contributed by atoms with Crippen molar-refractivity contribution in [3.8, 4) is 0 Å². The lowest BCUT2D eigenvalue weighted by Gasteiger charge is -2.26. The van der Waals surface area contributed by atoms with Crippen LogP contribution in [0.25, 0.3) is 10.9 Å². The van der Waals surface area contributed by atoms with E-state index >= 15 is 0 Å². The summed E-state index contributed by atoms with van der Waals surface area (Å²) in [4.78, 5) is 0. The zero-order valence-corrected chi connectivity index (χ0v) is 13.8. The molecule has 0 spiro atoms. The van der Waals surface area contributed by atoms with Gasteiger partial charge in [0.05, 0.1) is 0 Å². The van der Waals surface area contributed by atoms with Gasteiger partial charge in [0.2, 0.25) is 0 Å². The Labute approximate surface area is 133 Å². The molecule has 118 valence electrons. The van der Waals surface area contributed by atoms with Gasteiger partial charge in [-0.15, -0.1) is 0 Å². The third-order valence-electron chi connectivity index (χ3n) is 5.81.